The number of benzene rings is 2. The van der Waals surface area contributed by atoms with Crippen molar-refractivity contribution in [3.05, 3.63) is 77.1 Å². The molecule has 0 N–H and O–H groups in total. The zero-order valence-corrected chi connectivity index (χ0v) is 15.9. The van der Waals surface area contributed by atoms with E-state index in [1.54, 1.807) is 25.1 Å². The van der Waals surface area contributed by atoms with E-state index >= 15 is 0 Å². The number of hydrogen-bond acceptors (Lipinski definition) is 4. The Bertz CT molecular complexity index is 983. The summed E-state index contributed by atoms with van der Waals surface area (Å²) in [5, 5.41) is 0. The lowest BCUT2D eigenvalue weighted by molar-refractivity contribution is -0.138. The van der Waals surface area contributed by atoms with E-state index in [0.29, 0.717) is 5.56 Å². The van der Waals surface area contributed by atoms with Crippen molar-refractivity contribution in [1.82, 2.24) is 4.31 Å². The number of ether oxygens (including phenoxy) is 1. The summed E-state index contributed by atoms with van der Waals surface area (Å²) in [5.74, 6) is -1.19. The Kier molecular flexibility index (Phi) is 5.43. The molecule has 7 heteroatoms. The molecule has 0 saturated carbocycles. The first-order chi connectivity index (χ1) is 12.8. The van der Waals surface area contributed by atoms with Crippen molar-refractivity contribution >= 4 is 16.0 Å². The fourth-order valence-electron chi connectivity index (χ4n) is 3.06. The van der Waals surface area contributed by atoms with Crippen LogP contribution in [0.5, 0.6) is 0 Å². The molecule has 1 aliphatic heterocycles. The van der Waals surface area contributed by atoms with E-state index in [9.17, 15) is 17.6 Å². The van der Waals surface area contributed by atoms with Gasteiger partial charge < -0.3 is 4.74 Å². The van der Waals surface area contributed by atoms with Gasteiger partial charge in [0.25, 0.3) is 0 Å². The van der Waals surface area contributed by atoms with Crippen LogP contribution in [-0.2, 0) is 19.6 Å². The zero-order chi connectivity index (χ0) is 19.6. The molecule has 0 aromatic heterocycles. The topological polar surface area (TPSA) is 63.7 Å². The lowest BCUT2D eigenvalue weighted by Gasteiger charge is -2.26. The first-order valence-corrected chi connectivity index (χ1v) is 9.99. The maximum Gasteiger partial charge on any atom is 0.335 e. The molecule has 0 spiro atoms. The summed E-state index contributed by atoms with van der Waals surface area (Å²) in [6, 6.07) is 11.3. The smallest absolute Gasteiger partial charge is 0.335 e. The molecule has 1 atom stereocenters. The molecule has 1 unspecified atom stereocenters. The van der Waals surface area contributed by atoms with Gasteiger partial charge in [-0.3, -0.25) is 0 Å². The average molecular weight is 389 g/mol. The van der Waals surface area contributed by atoms with Gasteiger partial charge in [-0.05, 0) is 37.6 Å². The van der Waals surface area contributed by atoms with Gasteiger partial charge in [0, 0.05) is 6.54 Å². The molecule has 0 fully saturated rings. The molecular formula is C20H20FNO4S. The van der Waals surface area contributed by atoms with Gasteiger partial charge in [0.1, 0.15) is 5.82 Å². The molecule has 0 saturated heterocycles. The van der Waals surface area contributed by atoms with E-state index in [1.165, 1.54) is 22.5 Å². The maximum absolute atomic E-state index is 13.6. The van der Waals surface area contributed by atoms with Gasteiger partial charge in [-0.2, -0.15) is 4.31 Å². The number of aryl methyl sites for hydroxylation is 1. The largest absolute Gasteiger partial charge is 0.463 e. The maximum atomic E-state index is 13.6. The number of rotatable bonds is 5. The zero-order valence-electron chi connectivity index (χ0n) is 15.1. The van der Waals surface area contributed by atoms with Crippen molar-refractivity contribution in [3.63, 3.8) is 0 Å². The molecule has 0 amide bonds. The summed E-state index contributed by atoms with van der Waals surface area (Å²) in [4.78, 5) is 12.2. The van der Waals surface area contributed by atoms with Crippen LogP contribution in [0.2, 0.25) is 0 Å². The third-order valence-corrected chi connectivity index (χ3v) is 6.21. The van der Waals surface area contributed by atoms with Crippen LogP contribution in [0, 0.1) is 12.7 Å². The second-order valence-electron chi connectivity index (χ2n) is 6.23. The van der Waals surface area contributed by atoms with Crippen LogP contribution in [0.15, 0.2) is 65.1 Å². The molecule has 2 aromatic carbocycles. The first kappa shape index (κ1) is 19.3. The monoisotopic (exact) mass is 389 g/mol. The van der Waals surface area contributed by atoms with Crippen LogP contribution in [0.1, 0.15) is 24.1 Å². The molecule has 142 valence electrons. The van der Waals surface area contributed by atoms with Crippen molar-refractivity contribution < 1.29 is 22.3 Å². The van der Waals surface area contributed by atoms with E-state index in [4.69, 9.17) is 4.74 Å². The Morgan fingerprint density at radius 1 is 1.22 bits per heavy atom. The fourth-order valence-corrected chi connectivity index (χ4v) is 4.63. The number of halogens is 1. The van der Waals surface area contributed by atoms with Crippen molar-refractivity contribution in [2.24, 2.45) is 0 Å². The SMILES string of the molecule is CCOC(=O)C1=CCN(S(=O)(=O)c2cccc(F)c2)C1c1ccc(C)cc1. The van der Waals surface area contributed by atoms with Crippen molar-refractivity contribution in [2.75, 3.05) is 13.2 Å². The quantitative estimate of drug-likeness (QED) is 0.736. The van der Waals surface area contributed by atoms with E-state index in [-0.39, 0.29) is 23.6 Å². The van der Waals surface area contributed by atoms with Gasteiger partial charge in [-0.25, -0.2) is 17.6 Å². The third-order valence-electron chi connectivity index (χ3n) is 4.38. The van der Waals surface area contributed by atoms with Gasteiger partial charge in [0.15, 0.2) is 0 Å². The highest BCUT2D eigenvalue weighted by Gasteiger charge is 2.41. The van der Waals surface area contributed by atoms with Crippen molar-refractivity contribution in [3.8, 4) is 0 Å². The minimum absolute atomic E-state index is 0.00549. The first-order valence-electron chi connectivity index (χ1n) is 8.55. The predicted molar refractivity (Wildman–Crippen MR) is 98.9 cm³/mol. The summed E-state index contributed by atoms with van der Waals surface area (Å²) < 4.78 is 46.2. The number of sulfonamides is 1. The van der Waals surface area contributed by atoms with E-state index in [0.717, 1.165) is 11.6 Å². The highest BCUT2D eigenvalue weighted by Crippen LogP contribution is 2.38. The number of esters is 1. The fraction of sp³-hybridized carbons (Fsp3) is 0.250. The van der Waals surface area contributed by atoms with Gasteiger partial charge in [-0.1, -0.05) is 42.0 Å². The van der Waals surface area contributed by atoms with E-state index in [2.05, 4.69) is 0 Å². The van der Waals surface area contributed by atoms with Crippen molar-refractivity contribution in [2.45, 2.75) is 24.8 Å². The van der Waals surface area contributed by atoms with Gasteiger partial charge in [0.2, 0.25) is 10.0 Å². The second kappa shape index (κ2) is 7.62. The summed E-state index contributed by atoms with van der Waals surface area (Å²) in [5.41, 5.74) is 1.93. The van der Waals surface area contributed by atoms with Gasteiger partial charge in [-0.15, -0.1) is 0 Å². The van der Waals surface area contributed by atoms with Crippen LogP contribution in [0.3, 0.4) is 0 Å². The van der Waals surface area contributed by atoms with Gasteiger partial charge in [0.05, 0.1) is 23.1 Å². The number of nitrogens with zero attached hydrogens (tertiary/aromatic N) is 1. The lowest BCUT2D eigenvalue weighted by Crippen LogP contribution is -2.33. The molecular weight excluding hydrogens is 369 g/mol. The van der Waals surface area contributed by atoms with E-state index in [1.807, 2.05) is 19.1 Å². The summed E-state index contributed by atoms with van der Waals surface area (Å²) in [6.07, 6.45) is 1.55. The van der Waals surface area contributed by atoms with Crippen LogP contribution < -0.4 is 0 Å². The second-order valence-corrected chi connectivity index (χ2v) is 8.12. The molecule has 27 heavy (non-hydrogen) atoms. The van der Waals surface area contributed by atoms with Crippen LogP contribution >= 0.6 is 0 Å². The molecule has 0 bridgehead atoms. The Hall–Kier alpha value is -2.51. The number of hydrogen-bond donors (Lipinski definition) is 0. The summed E-state index contributed by atoms with van der Waals surface area (Å²) in [6.45, 7) is 3.80. The van der Waals surface area contributed by atoms with E-state index < -0.39 is 27.9 Å². The minimum atomic E-state index is -4.02. The predicted octanol–water partition coefficient (Wildman–Crippen LogP) is 3.37. The lowest BCUT2D eigenvalue weighted by atomic mass is 10.00. The molecule has 5 nitrogen and oxygen atoms in total. The Morgan fingerprint density at radius 2 is 1.93 bits per heavy atom. The highest BCUT2D eigenvalue weighted by atomic mass is 32.2. The van der Waals surface area contributed by atoms with Gasteiger partial charge >= 0.3 is 5.97 Å². The molecule has 1 heterocycles. The molecule has 1 aliphatic rings. The van der Waals surface area contributed by atoms with Crippen LogP contribution in [0.25, 0.3) is 0 Å². The Balaban J connectivity index is 2.06. The molecule has 0 aliphatic carbocycles. The third kappa shape index (κ3) is 3.79. The highest BCUT2D eigenvalue weighted by molar-refractivity contribution is 7.89. The Morgan fingerprint density at radius 3 is 2.56 bits per heavy atom. The average Bonchev–Trinajstić information content (AvgIpc) is 3.08. The van der Waals surface area contributed by atoms with Crippen LogP contribution in [-0.4, -0.2) is 31.8 Å². The number of carbonyl (C=O) groups excluding carboxylic acids is 1. The Labute approximate surface area is 158 Å². The normalized spacial score (nSPS) is 17.6. The molecule has 2 aromatic rings. The molecule has 3 rings (SSSR count). The van der Waals surface area contributed by atoms with Crippen molar-refractivity contribution in [1.29, 1.82) is 0 Å². The molecule has 0 radical (unpaired) electrons. The number of carbonyl (C=O) groups is 1. The standard InChI is InChI=1S/C20H20FNO4S/c1-3-26-20(23)18-11-12-22(19(18)15-9-7-14(2)8-10-15)27(24,25)17-6-4-5-16(21)13-17/h4-11,13,19H,3,12H2,1-2H3. The van der Waals surface area contributed by atoms with Crippen LogP contribution in [0.4, 0.5) is 4.39 Å². The minimum Gasteiger partial charge on any atom is -0.463 e. The summed E-state index contributed by atoms with van der Waals surface area (Å²) >= 11 is 0. The summed E-state index contributed by atoms with van der Waals surface area (Å²) in [7, 11) is -4.02.